The summed E-state index contributed by atoms with van der Waals surface area (Å²) < 4.78 is 43.1. The van der Waals surface area contributed by atoms with Gasteiger partial charge in [0.2, 0.25) is 0 Å². The number of rotatable bonds is 6. The van der Waals surface area contributed by atoms with Crippen LogP contribution in [0.4, 0.5) is 13.2 Å². The minimum Gasteiger partial charge on any atom is -0.459 e. The van der Waals surface area contributed by atoms with Crippen LogP contribution in [-0.4, -0.2) is 12.1 Å². The molecule has 1 aliphatic carbocycles. The predicted molar refractivity (Wildman–Crippen MR) is 95.7 cm³/mol. The Morgan fingerprint density at radius 1 is 1.15 bits per heavy atom. The molecule has 27 heavy (non-hydrogen) atoms. The Bertz CT molecular complexity index is 706. The summed E-state index contributed by atoms with van der Waals surface area (Å²) in [5, 5.41) is 8.38. The Labute approximate surface area is 157 Å². The van der Waals surface area contributed by atoms with Crippen molar-refractivity contribution in [2.75, 3.05) is 0 Å². The molecule has 2 rings (SSSR count). The van der Waals surface area contributed by atoms with E-state index in [2.05, 4.69) is 0 Å². The molecular formula is C21H22F3NO2. The van der Waals surface area contributed by atoms with Crippen LogP contribution in [0.2, 0.25) is 0 Å². The minimum absolute atomic E-state index is 0.140. The quantitative estimate of drug-likeness (QED) is 0.356. The molecule has 1 fully saturated rings. The van der Waals surface area contributed by atoms with Gasteiger partial charge in [0.15, 0.2) is 0 Å². The molecule has 0 unspecified atom stereocenters. The van der Waals surface area contributed by atoms with E-state index in [1.807, 2.05) is 18.2 Å². The lowest BCUT2D eigenvalue weighted by atomic mass is 9.84. The molecule has 1 saturated carbocycles. The normalized spacial score (nSPS) is 20.7. The van der Waals surface area contributed by atoms with Gasteiger partial charge in [0.05, 0.1) is 17.2 Å². The highest BCUT2D eigenvalue weighted by Crippen LogP contribution is 2.31. The number of halogens is 3. The first-order valence-electron chi connectivity index (χ1n) is 8.99. The lowest BCUT2D eigenvalue weighted by Gasteiger charge is -2.28. The monoisotopic (exact) mass is 377 g/mol. The van der Waals surface area contributed by atoms with E-state index in [-0.39, 0.29) is 11.7 Å². The molecule has 1 aliphatic rings. The second-order valence-electron chi connectivity index (χ2n) is 6.62. The average Bonchev–Trinajstić information content (AvgIpc) is 2.65. The van der Waals surface area contributed by atoms with Gasteiger partial charge in [-0.2, -0.15) is 18.4 Å². The van der Waals surface area contributed by atoms with Crippen LogP contribution in [-0.2, 0) is 10.9 Å². The molecule has 0 amide bonds. The number of carbonyl (C=O) groups is 1. The van der Waals surface area contributed by atoms with Crippen LogP contribution in [0.3, 0.4) is 0 Å². The van der Waals surface area contributed by atoms with Crippen molar-refractivity contribution >= 4 is 5.97 Å². The Kier molecular flexibility index (Phi) is 7.66. The number of allylic oxidation sites excluding steroid dienone is 4. The van der Waals surface area contributed by atoms with Crippen molar-refractivity contribution in [1.82, 2.24) is 0 Å². The highest BCUT2D eigenvalue weighted by Gasteiger charge is 2.30. The van der Waals surface area contributed by atoms with Crippen LogP contribution in [0.25, 0.3) is 0 Å². The summed E-state index contributed by atoms with van der Waals surface area (Å²) in [6, 6.07) is 6.03. The number of hydrogen-bond donors (Lipinski definition) is 0. The second-order valence-corrected chi connectivity index (χ2v) is 6.62. The largest absolute Gasteiger partial charge is 0.459 e. The fraction of sp³-hybridized carbons (Fsp3) is 0.429. The third-order valence-corrected chi connectivity index (χ3v) is 4.67. The minimum atomic E-state index is -4.41. The third kappa shape index (κ3) is 6.93. The SMILES string of the molecule is N#CC=CC=CCCC1CCC(OC(=O)c2ccc(C(F)(F)F)cc2)CC1. The molecule has 0 atom stereocenters. The van der Waals surface area contributed by atoms with Crippen LogP contribution < -0.4 is 0 Å². The molecule has 0 aromatic heterocycles. The highest BCUT2D eigenvalue weighted by atomic mass is 19.4. The number of benzene rings is 1. The van der Waals surface area contributed by atoms with Crippen LogP contribution in [0.15, 0.2) is 48.6 Å². The molecule has 0 spiro atoms. The lowest BCUT2D eigenvalue weighted by Crippen LogP contribution is -2.24. The Morgan fingerprint density at radius 2 is 1.81 bits per heavy atom. The van der Waals surface area contributed by atoms with Crippen molar-refractivity contribution < 1.29 is 22.7 Å². The highest BCUT2D eigenvalue weighted by molar-refractivity contribution is 5.89. The first kappa shape index (κ1) is 20.8. The maximum Gasteiger partial charge on any atom is 0.416 e. The first-order valence-corrected chi connectivity index (χ1v) is 8.99. The van der Waals surface area contributed by atoms with Gasteiger partial charge in [0.1, 0.15) is 6.10 Å². The summed E-state index contributed by atoms with van der Waals surface area (Å²) in [5.41, 5.74) is -0.641. The van der Waals surface area contributed by atoms with Crippen molar-refractivity contribution in [3.8, 4) is 6.07 Å². The summed E-state index contributed by atoms with van der Waals surface area (Å²) in [6.45, 7) is 0. The molecule has 0 radical (unpaired) electrons. The van der Waals surface area contributed by atoms with Gasteiger partial charge in [-0.25, -0.2) is 4.79 Å². The number of esters is 1. The van der Waals surface area contributed by atoms with E-state index in [0.717, 1.165) is 62.8 Å². The number of nitriles is 1. The van der Waals surface area contributed by atoms with E-state index in [9.17, 15) is 18.0 Å². The van der Waals surface area contributed by atoms with Crippen LogP contribution in [0, 0.1) is 17.2 Å². The van der Waals surface area contributed by atoms with E-state index >= 15 is 0 Å². The molecule has 0 bridgehead atoms. The molecule has 0 saturated heterocycles. The molecule has 6 heteroatoms. The standard InChI is InChI=1S/C21H22F3NO2/c22-21(23,24)18-11-9-17(10-12-18)20(26)27-19-13-7-16(8-14-19)6-4-2-1-3-5-15-25/h1-3,5,9-12,16,19H,4,6-8,13-14H2. The summed E-state index contributed by atoms with van der Waals surface area (Å²) in [4.78, 5) is 12.1. The van der Waals surface area contributed by atoms with Gasteiger partial charge >= 0.3 is 12.1 Å². The summed E-state index contributed by atoms with van der Waals surface area (Å²) in [7, 11) is 0. The summed E-state index contributed by atoms with van der Waals surface area (Å²) in [6.07, 6.45) is 7.90. The zero-order valence-corrected chi connectivity index (χ0v) is 14.9. The molecule has 144 valence electrons. The number of hydrogen-bond acceptors (Lipinski definition) is 3. The zero-order valence-electron chi connectivity index (χ0n) is 14.9. The molecule has 0 heterocycles. The average molecular weight is 377 g/mol. The van der Waals surface area contributed by atoms with Crippen molar-refractivity contribution in [1.29, 1.82) is 5.26 Å². The smallest absolute Gasteiger partial charge is 0.416 e. The number of nitrogens with zero attached hydrogens (tertiary/aromatic N) is 1. The summed E-state index contributed by atoms with van der Waals surface area (Å²) >= 11 is 0. The molecule has 0 N–H and O–H groups in total. The molecule has 3 nitrogen and oxygen atoms in total. The first-order chi connectivity index (χ1) is 12.9. The molecule has 0 aliphatic heterocycles. The Hall–Kier alpha value is -2.55. The lowest BCUT2D eigenvalue weighted by molar-refractivity contribution is -0.137. The predicted octanol–water partition coefficient (Wildman–Crippen LogP) is 5.84. The van der Waals surface area contributed by atoms with E-state index in [0.29, 0.717) is 5.92 Å². The van der Waals surface area contributed by atoms with E-state index < -0.39 is 17.7 Å². The van der Waals surface area contributed by atoms with Gasteiger partial charge in [-0.05, 0) is 68.7 Å². The van der Waals surface area contributed by atoms with Crippen LogP contribution in [0.5, 0.6) is 0 Å². The fourth-order valence-electron chi connectivity index (χ4n) is 3.16. The van der Waals surface area contributed by atoms with Gasteiger partial charge < -0.3 is 4.74 Å². The van der Waals surface area contributed by atoms with E-state index in [1.165, 1.54) is 6.08 Å². The van der Waals surface area contributed by atoms with Gasteiger partial charge in [0, 0.05) is 6.08 Å². The van der Waals surface area contributed by atoms with Gasteiger partial charge in [-0.1, -0.05) is 18.2 Å². The van der Waals surface area contributed by atoms with Gasteiger partial charge in [-0.15, -0.1) is 0 Å². The van der Waals surface area contributed by atoms with Crippen molar-refractivity contribution in [3.05, 3.63) is 59.7 Å². The maximum atomic E-state index is 12.6. The molecular weight excluding hydrogens is 355 g/mol. The van der Waals surface area contributed by atoms with Crippen molar-refractivity contribution in [3.63, 3.8) is 0 Å². The van der Waals surface area contributed by atoms with Gasteiger partial charge in [0.25, 0.3) is 0 Å². The number of carbonyl (C=O) groups excluding carboxylic acids is 1. The molecule has 1 aromatic rings. The zero-order chi connectivity index (χ0) is 19.7. The van der Waals surface area contributed by atoms with Crippen LogP contribution >= 0.6 is 0 Å². The number of ether oxygens (including phenoxy) is 1. The topological polar surface area (TPSA) is 50.1 Å². The van der Waals surface area contributed by atoms with Crippen molar-refractivity contribution in [2.24, 2.45) is 5.92 Å². The second kappa shape index (κ2) is 9.96. The third-order valence-electron chi connectivity index (χ3n) is 4.67. The fourth-order valence-corrected chi connectivity index (χ4v) is 3.16. The van der Waals surface area contributed by atoms with Crippen molar-refractivity contribution in [2.45, 2.75) is 50.8 Å². The van der Waals surface area contributed by atoms with E-state index in [1.54, 1.807) is 6.08 Å². The Balaban J connectivity index is 1.73. The van der Waals surface area contributed by atoms with Crippen LogP contribution in [0.1, 0.15) is 54.4 Å². The number of alkyl halides is 3. The van der Waals surface area contributed by atoms with E-state index in [4.69, 9.17) is 10.00 Å². The Morgan fingerprint density at radius 3 is 2.41 bits per heavy atom. The van der Waals surface area contributed by atoms with Gasteiger partial charge in [-0.3, -0.25) is 0 Å². The maximum absolute atomic E-state index is 12.6. The molecule has 1 aromatic carbocycles. The summed E-state index contributed by atoms with van der Waals surface area (Å²) in [5.74, 6) is 0.00926.